The van der Waals surface area contributed by atoms with Crippen LogP contribution in [-0.4, -0.2) is 22.8 Å². The first-order chi connectivity index (χ1) is 7.72. The van der Waals surface area contributed by atoms with Crippen molar-refractivity contribution in [1.82, 2.24) is 9.88 Å². The van der Waals surface area contributed by atoms with Crippen LogP contribution in [0.5, 0.6) is 0 Å². The molecule has 3 nitrogen and oxygen atoms in total. The maximum atomic E-state index is 11.0. The Morgan fingerprint density at radius 3 is 3.06 bits per heavy atom. The Morgan fingerprint density at radius 2 is 2.38 bits per heavy atom. The van der Waals surface area contributed by atoms with Gasteiger partial charge in [0.15, 0.2) is 0 Å². The molecule has 16 heavy (non-hydrogen) atoms. The van der Waals surface area contributed by atoms with Crippen LogP contribution in [0.4, 0.5) is 0 Å². The Balaban J connectivity index is 2.30. The van der Waals surface area contributed by atoms with Crippen molar-refractivity contribution in [2.75, 3.05) is 6.54 Å². The topological polar surface area (TPSA) is 33.2 Å². The maximum Gasteiger partial charge on any atom is 0.210 e. The average molecular weight is 239 g/mol. The highest BCUT2D eigenvalue weighted by molar-refractivity contribution is 6.29. The van der Waals surface area contributed by atoms with Crippen molar-refractivity contribution < 1.29 is 4.79 Å². The second-order valence-corrected chi connectivity index (χ2v) is 4.61. The minimum Gasteiger partial charge on any atom is -0.338 e. The van der Waals surface area contributed by atoms with E-state index in [-0.39, 0.29) is 6.04 Å². The van der Waals surface area contributed by atoms with Gasteiger partial charge in [-0.3, -0.25) is 4.79 Å². The highest BCUT2D eigenvalue weighted by Gasteiger charge is 2.24. The van der Waals surface area contributed by atoms with Crippen LogP contribution in [0.2, 0.25) is 5.15 Å². The second-order valence-electron chi connectivity index (χ2n) is 4.22. The molecule has 1 aromatic heterocycles. The third-order valence-electron chi connectivity index (χ3n) is 3.16. The first-order valence-electron chi connectivity index (χ1n) is 5.55. The molecule has 86 valence electrons. The number of carbonyl (C=O) groups is 1. The lowest BCUT2D eigenvalue weighted by atomic mass is 9.94. The number of hydrogen-bond acceptors (Lipinski definition) is 2. The summed E-state index contributed by atoms with van der Waals surface area (Å²) in [6, 6.07) is 2.03. The summed E-state index contributed by atoms with van der Waals surface area (Å²) in [6.07, 6.45) is 6.01. The summed E-state index contributed by atoms with van der Waals surface area (Å²) in [7, 11) is 0. The van der Waals surface area contributed by atoms with Crippen LogP contribution in [0, 0.1) is 6.92 Å². The largest absolute Gasteiger partial charge is 0.338 e. The Bertz CT molecular complexity index is 395. The van der Waals surface area contributed by atoms with Crippen molar-refractivity contribution in [3.63, 3.8) is 0 Å². The molecule has 0 spiro atoms. The molecular weight excluding hydrogens is 224 g/mol. The van der Waals surface area contributed by atoms with Gasteiger partial charge >= 0.3 is 0 Å². The molecule has 1 aliphatic heterocycles. The number of aromatic nitrogens is 1. The fourth-order valence-corrected chi connectivity index (χ4v) is 2.51. The van der Waals surface area contributed by atoms with Crippen LogP contribution in [-0.2, 0) is 4.79 Å². The summed E-state index contributed by atoms with van der Waals surface area (Å²) >= 11 is 5.83. The summed E-state index contributed by atoms with van der Waals surface area (Å²) in [5.41, 5.74) is 2.23. The van der Waals surface area contributed by atoms with E-state index in [0.717, 1.165) is 43.3 Å². The molecule has 0 N–H and O–H groups in total. The number of hydrogen-bond donors (Lipinski definition) is 0. The summed E-state index contributed by atoms with van der Waals surface area (Å²) in [4.78, 5) is 17.0. The fraction of sp³-hybridized carbons (Fsp3) is 0.500. The lowest BCUT2D eigenvalue weighted by molar-refractivity contribution is -0.121. The molecule has 1 saturated heterocycles. The van der Waals surface area contributed by atoms with Crippen LogP contribution >= 0.6 is 11.6 Å². The van der Waals surface area contributed by atoms with E-state index in [9.17, 15) is 4.79 Å². The quantitative estimate of drug-likeness (QED) is 0.586. The molecule has 1 aliphatic rings. The number of nitrogens with zero attached hydrogens (tertiary/aromatic N) is 2. The van der Waals surface area contributed by atoms with Gasteiger partial charge in [-0.05, 0) is 43.4 Å². The standard InChI is InChI=1S/C12H15ClN2O/c1-9-6-12(13)14-7-10(9)11-4-2-3-5-15(11)8-16/h6-8,11H,2-5H2,1H3/t11-/m0/s1. The molecule has 0 unspecified atom stereocenters. The zero-order valence-corrected chi connectivity index (χ0v) is 10.1. The molecule has 1 aromatic rings. The van der Waals surface area contributed by atoms with Gasteiger partial charge in [-0.25, -0.2) is 4.98 Å². The van der Waals surface area contributed by atoms with Crippen molar-refractivity contribution in [2.24, 2.45) is 0 Å². The van der Waals surface area contributed by atoms with Gasteiger partial charge in [0, 0.05) is 12.7 Å². The Morgan fingerprint density at radius 1 is 1.56 bits per heavy atom. The van der Waals surface area contributed by atoms with Crippen molar-refractivity contribution >= 4 is 18.0 Å². The molecule has 0 aliphatic carbocycles. The summed E-state index contributed by atoms with van der Waals surface area (Å²) < 4.78 is 0. The predicted octanol–water partition coefficient (Wildman–Crippen LogP) is 2.73. The summed E-state index contributed by atoms with van der Waals surface area (Å²) in [6.45, 7) is 2.86. The van der Waals surface area contributed by atoms with Gasteiger partial charge in [-0.15, -0.1) is 0 Å². The predicted molar refractivity (Wildman–Crippen MR) is 63.3 cm³/mol. The first kappa shape index (κ1) is 11.4. The molecule has 1 fully saturated rings. The van der Waals surface area contributed by atoms with Gasteiger partial charge in [0.25, 0.3) is 0 Å². The number of halogens is 1. The minimum atomic E-state index is 0.177. The van der Waals surface area contributed by atoms with Crippen LogP contribution in [0.15, 0.2) is 12.3 Å². The van der Waals surface area contributed by atoms with E-state index in [1.165, 1.54) is 0 Å². The number of likely N-dealkylation sites (tertiary alicyclic amines) is 1. The zero-order chi connectivity index (χ0) is 11.5. The van der Waals surface area contributed by atoms with Crippen molar-refractivity contribution in [3.05, 3.63) is 28.5 Å². The van der Waals surface area contributed by atoms with Gasteiger partial charge in [0.2, 0.25) is 6.41 Å². The lowest BCUT2D eigenvalue weighted by Gasteiger charge is -2.33. The Hall–Kier alpha value is -1.09. The molecule has 0 bridgehead atoms. The van der Waals surface area contributed by atoms with E-state index in [2.05, 4.69) is 4.98 Å². The van der Waals surface area contributed by atoms with Crippen LogP contribution in [0.25, 0.3) is 0 Å². The van der Waals surface area contributed by atoms with E-state index in [1.54, 1.807) is 6.20 Å². The van der Waals surface area contributed by atoms with E-state index in [0.29, 0.717) is 5.15 Å². The molecule has 2 rings (SSSR count). The Kier molecular flexibility index (Phi) is 3.44. The molecule has 2 heterocycles. The fourth-order valence-electron chi connectivity index (χ4n) is 2.30. The van der Waals surface area contributed by atoms with Crippen LogP contribution < -0.4 is 0 Å². The molecule has 0 aromatic carbocycles. The van der Waals surface area contributed by atoms with E-state index < -0.39 is 0 Å². The van der Waals surface area contributed by atoms with Crippen molar-refractivity contribution in [2.45, 2.75) is 32.2 Å². The number of amides is 1. The number of aryl methyl sites for hydroxylation is 1. The molecule has 0 saturated carbocycles. The van der Waals surface area contributed by atoms with Gasteiger partial charge < -0.3 is 4.90 Å². The maximum absolute atomic E-state index is 11.0. The highest BCUT2D eigenvalue weighted by Crippen LogP contribution is 2.31. The van der Waals surface area contributed by atoms with Crippen molar-refractivity contribution in [1.29, 1.82) is 0 Å². The van der Waals surface area contributed by atoms with E-state index in [1.807, 2.05) is 17.9 Å². The van der Waals surface area contributed by atoms with Gasteiger partial charge in [0.1, 0.15) is 5.15 Å². The van der Waals surface area contributed by atoms with Gasteiger partial charge in [0.05, 0.1) is 6.04 Å². The van der Waals surface area contributed by atoms with E-state index in [4.69, 9.17) is 11.6 Å². The SMILES string of the molecule is Cc1cc(Cl)ncc1[C@@H]1CCCCN1C=O. The van der Waals surface area contributed by atoms with Crippen LogP contribution in [0.1, 0.15) is 36.4 Å². The van der Waals surface area contributed by atoms with Crippen LogP contribution in [0.3, 0.4) is 0 Å². The number of piperidine rings is 1. The number of carbonyl (C=O) groups excluding carboxylic acids is 1. The highest BCUT2D eigenvalue weighted by atomic mass is 35.5. The second kappa shape index (κ2) is 4.83. The monoisotopic (exact) mass is 238 g/mol. The third-order valence-corrected chi connectivity index (χ3v) is 3.36. The molecule has 1 amide bonds. The van der Waals surface area contributed by atoms with Gasteiger partial charge in [-0.1, -0.05) is 11.6 Å². The molecular formula is C12H15ClN2O. The lowest BCUT2D eigenvalue weighted by Crippen LogP contribution is -2.32. The molecule has 0 radical (unpaired) electrons. The molecule has 4 heteroatoms. The summed E-state index contributed by atoms with van der Waals surface area (Å²) in [5.74, 6) is 0. The smallest absolute Gasteiger partial charge is 0.210 e. The minimum absolute atomic E-state index is 0.177. The average Bonchev–Trinajstić information content (AvgIpc) is 2.29. The Labute approximate surface area is 100 Å². The number of rotatable bonds is 2. The number of pyridine rings is 1. The third kappa shape index (κ3) is 2.19. The first-order valence-corrected chi connectivity index (χ1v) is 5.93. The molecule has 1 atom stereocenters. The van der Waals surface area contributed by atoms with Crippen molar-refractivity contribution in [3.8, 4) is 0 Å². The summed E-state index contributed by atoms with van der Waals surface area (Å²) in [5, 5.41) is 0.509. The van der Waals surface area contributed by atoms with Gasteiger partial charge in [-0.2, -0.15) is 0 Å². The zero-order valence-electron chi connectivity index (χ0n) is 9.32. The van der Waals surface area contributed by atoms with E-state index >= 15 is 0 Å². The normalized spacial score (nSPS) is 20.9.